The molecular weight excluding hydrogens is 335 g/mol. The van der Waals surface area contributed by atoms with Crippen LogP contribution in [0.25, 0.3) is 11.4 Å². The van der Waals surface area contributed by atoms with Gasteiger partial charge in [-0.3, -0.25) is 4.79 Å². The fourth-order valence-electron chi connectivity index (χ4n) is 2.44. The van der Waals surface area contributed by atoms with Crippen LogP contribution in [0.3, 0.4) is 0 Å². The number of hydrogen-bond donors (Lipinski definition) is 0. The van der Waals surface area contributed by atoms with E-state index in [4.69, 9.17) is 4.74 Å². The van der Waals surface area contributed by atoms with Crippen LogP contribution < -0.4 is 0 Å². The molecule has 0 aliphatic heterocycles. The smallest absolute Gasteiger partial charge is 0.306 e. The molecule has 1 heterocycles. The van der Waals surface area contributed by atoms with Crippen molar-refractivity contribution in [3.8, 4) is 11.4 Å². The lowest BCUT2D eigenvalue weighted by Crippen LogP contribution is -2.11. The highest BCUT2D eigenvalue weighted by atomic mass is 19.1. The van der Waals surface area contributed by atoms with Gasteiger partial charge in [0.05, 0.1) is 13.2 Å². The zero-order chi connectivity index (χ0) is 18.2. The lowest BCUT2D eigenvalue weighted by molar-refractivity contribution is -0.143. The van der Waals surface area contributed by atoms with Crippen LogP contribution in [0.1, 0.15) is 18.4 Å². The maximum absolute atomic E-state index is 13.5. The van der Waals surface area contributed by atoms with Gasteiger partial charge in [0.25, 0.3) is 0 Å². The third kappa shape index (κ3) is 4.95. The molecule has 0 atom stereocenters. The standard InChI is InChI=1S/C19H19FN4O2/c20-17-10-5-4-7-15(17)11-12-18(25)26-14-6-13-24-22-19(21-23-24)16-8-2-1-3-9-16/h1-5,7-10H,6,11-14H2. The monoisotopic (exact) mass is 354 g/mol. The SMILES string of the molecule is O=C(CCc1ccccc1F)OCCCn1nnc(-c2ccccc2)n1. The molecule has 3 rings (SSSR count). The summed E-state index contributed by atoms with van der Waals surface area (Å²) in [5.41, 5.74) is 1.42. The molecule has 2 aromatic carbocycles. The summed E-state index contributed by atoms with van der Waals surface area (Å²) in [6.45, 7) is 0.763. The van der Waals surface area contributed by atoms with E-state index in [1.807, 2.05) is 30.3 Å². The van der Waals surface area contributed by atoms with Gasteiger partial charge in [-0.25, -0.2) is 4.39 Å². The maximum atomic E-state index is 13.5. The van der Waals surface area contributed by atoms with E-state index in [0.29, 0.717) is 30.8 Å². The van der Waals surface area contributed by atoms with Crippen molar-refractivity contribution >= 4 is 5.97 Å². The molecule has 26 heavy (non-hydrogen) atoms. The molecule has 7 heteroatoms. The molecule has 3 aromatic rings. The fourth-order valence-corrected chi connectivity index (χ4v) is 2.44. The third-order valence-corrected chi connectivity index (χ3v) is 3.81. The van der Waals surface area contributed by atoms with E-state index in [9.17, 15) is 9.18 Å². The number of carbonyl (C=O) groups is 1. The second kappa shape index (κ2) is 8.84. The van der Waals surface area contributed by atoms with Gasteiger partial charge in [0.2, 0.25) is 5.82 Å². The van der Waals surface area contributed by atoms with Gasteiger partial charge in [-0.1, -0.05) is 48.5 Å². The Morgan fingerprint density at radius 3 is 2.65 bits per heavy atom. The summed E-state index contributed by atoms with van der Waals surface area (Å²) in [7, 11) is 0. The lowest BCUT2D eigenvalue weighted by atomic mass is 10.1. The molecule has 0 saturated heterocycles. The number of esters is 1. The van der Waals surface area contributed by atoms with Gasteiger partial charge in [0, 0.05) is 18.4 Å². The number of ether oxygens (including phenoxy) is 1. The number of rotatable bonds is 8. The van der Waals surface area contributed by atoms with Gasteiger partial charge in [0.1, 0.15) is 5.82 Å². The molecule has 0 bridgehead atoms. The summed E-state index contributed by atoms with van der Waals surface area (Å²) >= 11 is 0. The van der Waals surface area contributed by atoms with Gasteiger partial charge in [-0.05, 0) is 23.3 Å². The highest BCUT2D eigenvalue weighted by Crippen LogP contribution is 2.12. The molecule has 0 amide bonds. The second-order valence-electron chi connectivity index (χ2n) is 5.74. The first-order chi connectivity index (χ1) is 12.7. The fraction of sp³-hybridized carbons (Fsp3) is 0.263. The zero-order valence-electron chi connectivity index (χ0n) is 14.2. The van der Waals surface area contributed by atoms with Crippen molar-refractivity contribution in [1.82, 2.24) is 20.2 Å². The number of benzene rings is 2. The van der Waals surface area contributed by atoms with Crippen molar-refractivity contribution in [1.29, 1.82) is 0 Å². The average Bonchev–Trinajstić information content (AvgIpc) is 3.14. The van der Waals surface area contributed by atoms with E-state index in [1.54, 1.807) is 18.2 Å². The van der Waals surface area contributed by atoms with Crippen LogP contribution in [0.4, 0.5) is 4.39 Å². The van der Waals surface area contributed by atoms with Crippen molar-refractivity contribution in [2.24, 2.45) is 0 Å². The van der Waals surface area contributed by atoms with E-state index in [-0.39, 0.29) is 24.8 Å². The van der Waals surface area contributed by atoms with Gasteiger partial charge >= 0.3 is 5.97 Å². The topological polar surface area (TPSA) is 69.9 Å². The number of tetrazole rings is 1. The maximum Gasteiger partial charge on any atom is 0.306 e. The number of carbonyl (C=O) groups excluding carboxylic acids is 1. The van der Waals surface area contributed by atoms with Crippen LogP contribution in [0.2, 0.25) is 0 Å². The lowest BCUT2D eigenvalue weighted by Gasteiger charge is -2.05. The van der Waals surface area contributed by atoms with Crippen LogP contribution >= 0.6 is 0 Å². The molecule has 0 fully saturated rings. The molecule has 134 valence electrons. The minimum absolute atomic E-state index is 0.153. The molecular formula is C19H19FN4O2. The van der Waals surface area contributed by atoms with E-state index in [1.165, 1.54) is 10.9 Å². The minimum atomic E-state index is -0.343. The minimum Gasteiger partial charge on any atom is -0.466 e. The zero-order valence-corrected chi connectivity index (χ0v) is 14.2. The van der Waals surface area contributed by atoms with Crippen LogP contribution in [-0.4, -0.2) is 32.8 Å². The number of aromatic nitrogens is 4. The molecule has 6 nitrogen and oxygen atoms in total. The predicted molar refractivity (Wildman–Crippen MR) is 93.6 cm³/mol. The molecule has 0 aliphatic carbocycles. The molecule has 0 radical (unpaired) electrons. The van der Waals surface area contributed by atoms with Gasteiger partial charge in [-0.2, -0.15) is 4.80 Å². The summed E-state index contributed by atoms with van der Waals surface area (Å²) in [5, 5.41) is 12.3. The van der Waals surface area contributed by atoms with Gasteiger partial charge in [-0.15, -0.1) is 10.2 Å². The molecule has 1 aromatic heterocycles. The Balaban J connectivity index is 1.37. The van der Waals surface area contributed by atoms with Crippen LogP contribution in [0.15, 0.2) is 54.6 Å². The second-order valence-corrected chi connectivity index (χ2v) is 5.74. The van der Waals surface area contributed by atoms with Crippen molar-refractivity contribution in [2.45, 2.75) is 25.8 Å². The van der Waals surface area contributed by atoms with Crippen molar-refractivity contribution < 1.29 is 13.9 Å². The van der Waals surface area contributed by atoms with Crippen molar-refractivity contribution in [3.05, 3.63) is 66.0 Å². The summed E-state index contributed by atoms with van der Waals surface area (Å²) in [6.07, 6.45) is 1.06. The van der Waals surface area contributed by atoms with Crippen molar-refractivity contribution in [2.75, 3.05) is 6.61 Å². The summed E-state index contributed by atoms with van der Waals surface area (Å²) in [4.78, 5) is 13.2. The first kappa shape index (κ1) is 17.7. The normalized spacial score (nSPS) is 10.7. The Labute approximate surface area is 150 Å². The first-order valence-electron chi connectivity index (χ1n) is 8.44. The van der Waals surface area contributed by atoms with Crippen molar-refractivity contribution in [3.63, 3.8) is 0 Å². The predicted octanol–water partition coefficient (Wildman–Crippen LogP) is 3.05. The highest BCUT2D eigenvalue weighted by molar-refractivity contribution is 5.69. The Kier molecular flexibility index (Phi) is 6.03. The Bertz CT molecular complexity index is 852. The Morgan fingerprint density at radius 2 is 1.85 bits per heavy atom. The Morgan fingerprint density at radius 1 is 1.08 bits per heavy atom. The van der Waals surface area contributed by atoms with E-state index < -0.39 is 0 Å². The average molecular weight is 354 g/mol. The van der Waals surface area contributed by atoms with Crippen LogP contribution in [0.5, 0.6) is 0 Å². The van der Waals surface area contributed by atoms with Gasteiger partial charge in [0.15, 0.2) is 0 Å². The highest BCUT2D eigenvalue weighted by Gasteiger charge is 2.08. The van der Waals surface area contributed by atoms with E-state index in [2.05, 4.69) is 15.4 Å². The number of hydrogen-bond acceptors (Lipinski definition) is 5. The van der Waals surface area contributed by atoms with E-state index >= 15 is 0 Å². The number of nitrogens with zero attached hydrogens (tertiary/aromatic N) is 4. The quantitative estimate of drug-likeness (QED) is 0.459. The van der Waals surface area contributed by atoms with Crippen LogP contribution in [0, 0.1) is 5.82 Å². The summed E-state index contributed by atoms with van der Waals surface area (Å²) in [5.74, 6) is -0.0796. The number of aryl methyl sites for hydroxylation is 2. The summed E-state index contributed by atoms with van der Waals surface area (Å²) in [6, 6.07) is 16.0. The molecule has 0 N–H and O–H groups in total. The molecule has 0 aliphatic rings. The van der Waals surface area contributed by atoms with Gasteiger partial charge < -0.3 is 4.74 Å². The largest absolute Gasteiger partial charge is 0.466 e. The third-order valence-electron chi connectivity index (χ3n) is 3.81. The Hall–Kier alpha value is -3.09. The summed E-state index contributed by atoms with van der Waals surface area (Å²) < 4.78 is 18.7. The van der Waals surface area contributed by atoms with Crippen LogP contribution in [-0.2, 0) is 22.5 Å². The van der Waals surface area contributed by atoms with E-state index in [0.717, 1.165) is 5.56 Å². The molecule has 0 saturated carbocycles. The molecule has 0 spiro atoms. The first-order valence-corrected chi connectivity index (χ1v) is 8.44. The number of halogens is 1. The molecule has 0 unspecified atom stereocenters.